The van der Waals surface area contributed by atoms with Gasteiger partial charge in [-0.2, -0.15) is 39.5 Å². The average molecular weight is 1430 g/mol. The maximum absolute atomic E-state index is 12.4. The van der Waals surface area contributed by atoms with Crippen molar-refractivity contribution in [2.45, 2.75) is 406 Å². The van der Waals surface area contributed by atoms with Gasteiger partial charge in [0, 0.05) is 13.7 Å². The van der Waals surface area contributed by atoms with E-state index in [0.29, 0.717) is 59.2 Å². The summed E-state index contributed by atoms with van der Waals surface area (Å²) in [5, 5.41) is 8.76. The van der Waals surface area contributed by atoms with Crippen molar-refractivity contribution >= 4 is 0 Å². The molecule has 0 saturated heterocycles. The van der Waals surface area contributed by atoms with Gasteiger partial charge in [-0.15, -0.1) is 0 Å². The van der Waals surface area contributed by atoms with Crippen LogP contribution in [0.15, 0.2) is 0 Å². The standard InChI is InChI=1S/C8H13F3.C8H18O.C8H14.C8H16.2C8H18.C7H11F3.C7H13F3.C7H16O.C7H14.C7H16.C4H10/c1-6(2)7(4-3-5-7)8(9,10)11;1-7(2)8(3,4)6-9-5;1-6(2)8-3-7(4-8)5-8;1-7(2)8(3)5-4-6-8;1-7(2)6-8(3,4)5;1-6-8(4,5)7(2)3;1-5(2)6(3-4-6)7(8,9)10;1-5(2)6(3,4)7(8,9)10;1-6(2)7(3,4)5-8;1-6(2)7(3)4-5-7;1-6(2)7(3,4)5;1-4(2)3/h6H,3-5H2,1-2H3;7H,6H2,1-5H3;6-7H,3-5H2,1-2H3;7H,4-6H2,1-3H3;2*7H,6H2,1-5H3;5H,3-4H2,1-2H3;5H,1-4H3;6,8H,5H2,1-4H3;6H,4-5H2,1-3H3;6H,1-5H3;4H,1-3H3. The SMILES string of the molecule is CC(C)C.CC(C)C(C)(C)C.CC(C)C(C)(C)C(F)(F)F.CC(C)C(C)(C)CO.CC(C)C1(C(F)(F)F)CC1.CC(C)C1(C(F)(F)F)CCC1.CC(C)C1(C)CC1.CC(C)C1(C)CCC1.CC(C)C12CC(C1)C2.CC(C)CC(C)(C)C.CCC(C)(C)C(C)C.COCC(C)(C)C(C)C. The monoisotopic (exact) mass is 1430 g/mol. The quantitative estimate of drug-likeness (QED) is 0.176. The van der Waals surface area contributed by atoms with Gasteiger partial charge in [0.25, 0.3) is 0 Å². The van der Waals surface area contributed by atoms with Gasteiger partial charge in [0.1, 0.15) is 0 Å². The summed E-state index contributed by atoms with van der Waals surface area (Å²) in [6.07, 6.45) is 4.61. The third-order valence-corrected chi connectivity index (χ3v) is 25.5. The highest BCUT2D eigenvalue weighted by Gasteiger charge is 2.64. The smallest absolute Gasteiger partial charge is 0.394 e. The van der Waals surface area contributed by atoms with E-state index in [1.54, 1.807) is 67.9 Å². The van der Waals surface area contributed by atoms with Crippen LogP contribution >= 0.6 is 0 Å². The van der Waals surface area contributed by atoms with Crippen LogP contribution in [0.3, 0.4) is 0 Å². The Balaban J connectivity index is -0.000000237. The summed E-state index contributed by atoms with van der Waals surface area (Å²) in [4.78, 5) is 0. The summed E-state index contributed by atoms with van der Waals surface area (Å²) in [5.41, 5.74) is 0.112. The van der Waals surface area contributed by atoms with Crippen LogP contribution in [-0.4, -0.2) is 44.0 Å². The lowest BCUT2D eigenvalue weighted by atomic mass is 9.41. The van der Waals surface area contributed by atoms with Crippen LogP contribution in [0.25, 0.3) is 0 Å². The molecule has 7 fully saturated rings. The molecular formula is C87H177F9O2. The fraction of sp³-hybridized carbons (Fsp3) is 1.00. The van der Waals surface area contributed by atoms with Crippen LogP contribution in [0.5, 0.6) is 0 Å². The van der Waals surface area contributed by atoms with E-state index < -0.39 is 34.8 Å². The van der Waals surface area contributed by atoms with Crippen LogP contribution in [0.1, 0.15) is 387 Å². The molecule has 0 radical (unpaired) electrons. The lowest BCUT2D eigenvalue weighted by Gasteiger charge is -2.64. The number of hydrogen-bond donors (Lipinski definition) is 1. The number of rotatable bonds is 14. The van der Waals surface area contributed by atoms with E-state index in [1.807, 2.05) is 0 Å². The number of aliphatic hydroxyl groups is 1. The van der Waals surface area contributed by atoms with Crippen LogP contribution < -0.4 is 0 Å². The third-order valence-electron chi connectivity index (χ3n) is 25.5. The predicted molar refractivity (Wildman–Crippen MR) is 417 cm³/mol. The Labute approximate surface area is 609 Å². The Morgan fingerprint density at radius 1 is 0.398 bits per heavy atom. The molecule has 600 valence electrons. The maximum Gasteiger partial charge on any atom is 0.394 e. The summed E-state index contributed by atoms with van der Waals surface area (Å²) in [5.74, 6) is 7.59. The van der Waals surface area contributed by atoms with Crippen molar-refractivity contribution in [2.24, 2.45) is 136 Å². The third kappa shape index (κ3) is 41.8. The lowest BCUT2D eigenvalue weighted by molar-refractivity contribution is -0.267. The second-order valence-electron chi connectivity index (χ2n) is 41.1. The van der Waals surface area contributed by atoms with Crippen LogP contribution in [-0.2, 0) is 4.74 Å². The average Bonchev–Trinajstić information content (AvgIpc) is 0.955. The van der Waals surface area contributed by atoms with Gasteiger partial charge < -0.3 is 9.84 Å². The topological polar surface area (TPSA) is 29.5 Å². The molecule has 11 heteroatoms. The molecule has 1 N–H and O–H groups in total. The van der Waals surface area contributed by atoms with Gasteiger partial charge in [0.05, 0.1) is 22.9 Å². The number of aliphatic hydroxyl groups excluding tert-OH is 1. The first-order chi connectivity index (χ1) is 43.1. The second kappa shape index (κ2) is 44.4. The Kier molecular flexibility index (Phi) is 49.1. The van der Waals surface area contributed by atoms with Crippen molar-refractivity contribution in [2.75, 3.05) is 20.3 Å². The number of methoxy groups -OCH3 is 1. The Bertz CT molecular complexity index is 1850. The van der Waals surface area contributed by atoms with E-state index in [2.05, 4.69) is 235 Å². The van der Waals surface area contributed by atoms with Crippen molar-refractivity contribution in [3.8, 4) is 0 Å². The highest BCUT2D eigenvalue weighted by Crippen LogP contribution is 2.68. The first kappa shape index (κ1) is 108. The summed E-state index contributed by atoms with van der Waals surface area (Å²) < 4.78 is 115. The zero-order valence-electron chi connectivity index (χ0n) is 73.8. The minimum Gasteiger partial charge on any atom is -0.396 e. The lowest BCUT2D eigenvalue weighted by Crippen LogP contribution is -2.54. The van der Waals surface area contributed by atoms with Gasteiger partial charge in [-0.1, -0.05) is 310 Å². The van der Waals surface area contributed by atoms with Gasteiger partial charge in [0.15, 0.2) is 0 Å². The maximum atomic E-state index is 12.4. The molecule has 7 aliphatic carbocycles. The minimum atomic E-state index is -4.08. The number of hydrogen-bond acceptors (Lipinski definition) is 2. The molecule has 2 nitrogen and oxygen atoms in total. The molecule has 0 amide bonds. The van der Waals surface area contributed by atoms with Crippen molar-refractivity contribution in [3.63, 3.8) is 0 Å². The molecule has 7 aliphatic rings. The molecule has 0 atom stereocenters. The first-order valence-corrected chi connectivity index (χ1v) is 39.4. The molecule has 0 aliphatic heterocycles. The predicted octanol–water partition coefficient (Wildman–Crippen LogP) is 31.8. The van der Waals surface area contributed by atoms with Crippen molar-refractivity contribution in [1.82, 2.24) is 0 Å². The van der Waals surface area contributed by atoms with E-state index in [0.717, 1.165) is 76.6 Å². The highest BCUT2D eigenvalue weighted by atomic mass is 19.4. The van der Waals surface area contributed by atoms with Gasteiger partial charge >= 0.3 is 18.5 Å². The molecular weight excluding hydrogens is 1250 g/mol. The zero-order chi connectivity index (χ0) is 80.2. The minimum absolute atomic E-state index is 0.0972. The van der Waals surface area contributed by atoms with Gasteiger partial charge in [-0.05, 0) is 197 Å². The molecule has 98 heavy (non-hydrogen) atoms. The summed E-state index contributed by atoms with van der Waals surface area (Å²) in [7, 11) is 1.75. The largest absolute Gasteiger partial charge is 0.396 e. The zero-order valence-corrected chi connectivity index (χ0v) is 73.8. The molecule has 0 spiro atoms. The molecule has 0 unspecified atom stereocenters. The fourth-order valence-electron chi connectivity index (χ4n) is 10.1. The molecule has 2 bridgehead atoms. The first-order valence-electron chi connectivity index (χ1n) is 39.4. The normalized spacial score (nSPS) is 20.1. The van der Waals surface area contributed by atoms with Crippen molar-refractivity contribution < 1.29 is 49.4 Å². The summed E-state index contributed by atoms with van der Waals surface area (Å²) >= 11 is 0. The van der Waals surface area contributed by atoms with Crippen molar-refractivity contribution in [1.29, 1.82) is 0 Å². The Morgan fingerprint density at radius 2 is 0.694 bits per heavy atom. The van der Waals surface area contributed by atoms with Gasteiger partial charge in [-0.3, -0.25) is 0 Å². The summed E-state index contributed by atoms with van der Waals surface area (Å²) in [6.45, 7) is 90.0. The second-order valence-corrected chi connectivity index (χ2v) is 41.1. The number of ether oxygens (including phenoxy) is 1. The molecule has 7 rings (SSSR count). The van der Waals surface area contributed by atoms with Crippen molar-refractivity contribution in [3.05, 3.63) is 0 Å². The van der Waals surface area contributed by atoms with Crippen LogP contribution in [0, 0.1) is 136 Å². The molecule has 0 aromatic carbocycles. The Morgan fingerprint density at radius 3 is 0.704 bits per heavy atom. The van der Waals surface area contributed by atoms with Gasteiger partial charge in [-0.25, -0.2) is 0 Å². The highest BCUT2D eigenvalue weighted by molar-refractivity contribution is 5.08. The van der Waals surface area contributed by atoms with E-state index in [9.17, 15) is 39.5 Å². The molecule has 0 heterocycles. The van der Waals surface area contributed by atoms with E-state index >= 15 is 0 Å². The van der Waals surface area contributed by atoms with E-state index in [-0.39, 0.29) is 29.8 Å². The Hall–Kier alpha value is -0.710. The molecule has 7 saturated carbocycles. The number of alkyl halides is 9. The molecule has 0 aromatic rings. The molecule has 0 aromatic heterocycles. The van der Waals surface area contributed by atoms with E-state index in [4.69, 9.17) is 9.84 Å². The van der Waals surface area contributed by atoms with Crippen LogP contribution in [0.2, 0.25) is 0 Å². The summed E-state index contributed by atoms with van der Waals surface area (Å²) in [6, 6.07) is 0. The van der Waals surface area contributed by atoms with Crippen LogP contribution in [0.4, 0.5) is 39.5 Å². The van der Waals surface area contributed by atoms with Gasteiger partial charge in [0.2, 0.25) is 0 Å². The van der Waals surface area contributed by atoms with E-state index in [1.165, 1.54) is 58.8 Å². The number of halogens is 9. The fourth-order valence-corrected chi connectivity index (χ4v) is 10.1.